The first kappa shape index (κ1) is 34.0. The van der Waals surface area contributed by atoms with E-state index in [-0.39, 0.29) is 0 Å². The zero-order valence-electron chi connectivity index (χ0n) is 23.5. The van der Waals surface area contributed by atoms with Crippen LogP contribution in [0, 0.1) is 0 Å². The molecule has 7 heteroatoms. The Kier molecular flexibility index (Phi) is 23.4. The first-order chi connectivity index (χ1) is 16.6. The summed E-state index contributed by atoms with van der Waals surface area (Å²) in [6, 6.07) is 0. The summed E-state index contributed by atoms with van der Waals surface area (Å²) < 4.78 is 31.6. The highest BCUT2D eigenvalue weighted by Crippen LogP contribution is 2.32. The lowest BCUT2D eigenvalue weighted by molar-refractivity contribution is -0.235. The van der Waals surface area contributed by atoms with Gasteiger partial charge >= 0.3 is 9.05 Å². The monoisotopic (exact) mass is 505 g/mol. The first-order valence-electron chi connectivity index (χ1n) is 14.5. The highest BCUT2D eigenvalue weighted by Gasteiger charge is 2.52. The first-order valence-corrected chi connectivity index (χ1v) is 16.2. The summed E-state index contributed by atoms with van der Waals surface area (Å²) in [5, 5.41) is 0. The van der Waals surface area contributed by atoms with Crippen LogP contribution in [0.1, 0.15) is 137 Å². The van der Waals surface area contributed by atoms with E-state index in [0.29, 0.717) is 33.0 Å². The topological polar surface area (TPSA) is 72.2 Å². The largest absolute Gasteiger partial charge is 0.681 e. The van der Waals surface area contributed by atoms with Crippen LogP contribution in [0.15, 0.2) is 0 Å². The van der Waals surface area contributed by atoms with Crippen LogP contribution in [0.4, 0.5) is 0 Å². The minimum Gasteiger partial charge on any atom is -0.351 e. The summed E-state index contributed by atoms with van der Waals surface area (Å²) in [5.41, 5.74) is 5.89. The fourth-order valence-electron chi connectivity index (χ4n) is 4.26. The molecule has 0 radical (unpaired) electrons. The van der Waals surface area contributed by atoms with E-state index in [0.717, 1.165) is 38.5 Å². The zero-order valence-corrected chi connectivity index (χ0v) is 24.5. The second kappa shape index (κ2) is 23.4. The number of hydrogen-bond acceptors (Lipinski definition) is 6. The summed E-state index contributed by atoms with van der Waals surface area (Å²) in [5.74, 6) is -0.768. The predicted molar refractivity (Wildman–Crippen MR) is 145 cm³/mol. The van der Waals surface area contributed by atoms with Crippen LogP contribution in [0.5, 0.6) is 0 Å². The molecule has 0 rings (SSSR count). The third kappa shape index (κ3) is 16.6. The molecule has 0 aromatic rings. The highest BCUT2D eigenvalue weighted by atomic mass is 28.4. The Labute approximate surface area is 213 Å². The van der Waals surface area contributed by atoms with Gasteiger partial charge in [0.15, 0.2) is 5.79 Å². The molecule has 0 saturated heterocycles. The standard InChI is InChI=1S/C27H59NO5Si/c1-6-11-13-15-17-19-21-26-32-34(30-9-4,31-10-5)33-27(29-8-3,24-22-25-28)23-20-18-16-14-12-7-2/h6-26,28H2,1-5H3. The SMILES string of the molecule is CCCCCCCCCO[Si](OCC)(OCC)OC(CCCN)(CCCCCCCC)OCC. The van der Waals surface area contributed by atoms with E-state index in [2.05, 4.69) is 13.8 Å². The molecule has 0 bridgehead atoms. The molecule has 2 N–H and O–H groups in total. The summed E-state index contributed by atoms with van der Waals surface area (Å²) in [6.07, 6.45) is 18.3. The van der Waals surface area contributed by atoms with Crippen LogP contribution >= 0.6 is 0 Å². The molecule has 1 unspecified atom stereocenters. The van der Waals surface area contributed by atoms with Gasteiger partial charge in [0.25, 0.3) is 0 Å². The molecule has 0 aliphatic carbocycles. The fourth-order valence-corrected chi connectivity index (χ4v) is 6.51. The summed E-state index contributed by atoms with van der Waals surface area (Å²) in [4.78, 5) is 0. The average molecular weight is 506 g/mol. The van der Waals surface area contributed by atoms with Crippen LogP contribution in [-0.2, 0) is 22.4 Å². The van der Waals surface area contributed by atoms with Crippen LogP contribution < -0.4 is 5.73 Å². The van der Waals surface area contributed by atoms with Crippen molar-refractivity contribution >= 4 is 9.05 Å². The van der Waals surface area contributed by atoms with Gasteiger partial charge < -0.3 is 28.2 Å². The third-order valence-electron chi connectivity index (χ3n) is 6.06. The van der Waals surface area contributed by atoms with E-state index in [1.165, 1.54) is 64.2 Å². The van der Waals surface area contributed by atoms with Gasteiger partial charge in [-0.25, -0.2) is 0 Å². The predicted octanol–water partition coefficient (Wildman–Crippen LogP) is 7.50. The van der Waals surface area contributed by atoms with Crippen molar-refractivity contribution in [2.75, 3.05) is 33.0 Å². The molecule has 0 spiro atoms. The van der Waals surface area contributed by atoms with Crippen LogP contribution in [0.25, 0.3) is 0 Å². The maximum Gasteiger partial charge on any atom is 0.681 e. The molecule has 0 heterocycles. The summed E-state index contributed by atoms with van der Waals surface area (Å²) >= 11 is 0. The lowest BCUT2D eigenvalue weighted by Gasteiger charge is -2.40. The molecule has 1 atom stereocenters. The average Bonchev–Trinajstić information content (AvgIpc) is 2.82. The van der Waals surface area contributed by atoms with Crippen molar-refractivity contribution in [2.45, 2.75) is 143 Å². The second-order valence-corrected chi connectivity index (χ2v) is 11.3. The Bertz CT molecular complexity index is 424. The van der Waals surface area contributed by atoms with Gasteiger partial charge in [-0.15, -0.1) is 0 Å². The molecule has 0 amide bonds. The quantitative estimate of drug-likeness (QED) is 0.0708. The van der Waals surface area contributed by atoms with Gasteiger partial charge in [-0.05, 0) is 46.6 Å². The van der Waals surface area contributed by atoms with Gasteiger partial charge in [0.2, 0.25) is 0 Å². The zero-order chi connectivity index (χ0) is 25.4. The van der Waals surface area contributed by atoms with E-state index >= 15 is 0 Å². The lowest BCUT2D eigenvalue weighted by atomic mass is 10.0. The Balaban J connectivity index is 5.19. The third-order valence-corrected chi connectivity index (χ3v) is 8.52. The minimum atomic E-state index is -3.35. The van der Waals surface area contributed by atoms with Gasteiger partial charge in [0, 0.05) is 39.3 Å². The van der Waals surface area contributed by atoms with Crippen molar-refractivity contribution in [3.05, 3.63) is 0 Å². The van der Waals surface area contributed by atoms with Gasteiger partial charge in [0.1, 0.15) is 0 Å². The maximum absolute atomic E-state index is 6.73. The normalized spacial score (nSPS) is 13.9. The van der Waals surface area contributed by atoms with E-state index in [1.807, 2.05) is 20.8 Å². The van der Waals surface area contributed by atoms with Crippen LogP contribution in [0.3, 0.4) is 0 Å². The fraction of sp³-hybridized carbons (Fsp3) is 1.00. The van der Waals surface area contributed by atoms with E-state index in [1.54, 1.807) is 0 Å². The molecule has 34 heavy (non-hydrogen) atoms. The van der Waals surface area contributed by atoms with Crippen LogP contribution in [0.2, 0.25) is 0 Å². The van der Waals surface area contributed by atoms with Gasteiger partial charge in [-0.2, -0.15) is 0 Å². The molecule has 0 aliphatic rings. The van der Waals surface area contributed by atoms with E-state index < -0.39 is 14.8 Å². The summed E-state index contributed by atoms with van der Waals surface area (Å²) in [7, 11) is -3.35. The van der Waals surface area contributed by atoms with Crippen molar-refractivity contribution < 1.29 is 22.4 Å². The molecule has 6 nitrogen and oxygen atoms in total. The van der Waals surface area contributed by atoms with Crippen molar-refractivity contribution in [3.8, 4) is 0 Å². The lowest BCUT2D eigenvalue weighted by Crippen LogP contribution is -2.57. The van der Waals surface area contributed by atoms with E-state index in [9.17, 15) is 0 Å². The second-order valence-electron chi connectivity index (χ2n) is 9.19. The van der Waals surface area contributed by atoms with Gasteiger partial charge in [0.05, 0.1) is 0 Å². The molecular formula is C27H59NO5Si. The van der Waals surface area contributed by atoms with Crippen molar-refractivity contribution in [3.63, 3.8) is 0 Å². The number of unbranched alkanes of at least 4 members (excludes halogenated alkanes) is 11. The maximum atomic E-state index is 6.73. The van der Waals surface area contributed by atoms with Crippen molar-refractivity contribution in [1.29, 1.82) is 0 Å². The summed E-state index contributed by atoms with van der Waals surface area (Å²) in [6.45, 7) is 13.2. The number of ether oxygens (including phenoxy) is 1. The minimum absolute atomic E-state index is 0.485. The Morgan fingerprint density at radius 3 is 1.56 bits per heavy atom. The van der Waals surface area contributed by atoms with Crippen LogP contribution in [-0.4, -0.2) is 47.8 Å². The molecule has 0 saturated carbocycles. The molecule has 0 aromatic carbocycles. The molecule has 206 valence electrons. The number of rotatable bonds is 27. The smallest absolute Gasteiger partial charge is 0.351 e. The van der Waals surface area contributed by atoms with Crippen molar-refractivity contribution in [1.82, 2.24) is 0 Å². The highest BCUT2D eigenvalue weighted by molar-refractivity contribution is 6.53. The van der Waals surface area contributed by atoms with Gasteiger partial charge in [-0.3, -0.25) is 0 Å². The Hall–Kier alpha value is -0.0231. The molecule has 0 aromatic heterocycles. The Morgan fingerprint density at radius 2 is 1.06 bits per heavy atom. The molecule has 0 aliphatic heterocycles. The molecular weight excluding hydrogens is 446 g/mol. The van der Waals surface area contributed by atoms with Crippen molar-refractivity contribution in [2.24, 2.45) is 5.73 Å². The van der Waals surface area contributed by atoms with E-state index in [4.69, 9.17) is 28.2 Å². The molecule has 0 fully saturated rings. The Morgan fingerprint density at radius 1 is 0.559 bits per heavy atom. The number of nitrogens with two attached hydrogens (primary N) is 1. The number of hydrogen-bond donors (Lipinski definition) is 1. The van der Waals surface area contributed by atoms with Gasteiger partial charge in [-0.1, -0.05) is 84.5 Å².